The highest BCUT2D eigenvalue weighted by atomic mass is 19.4. The average molecular weight is 234 g/mol. The van der Waals surface area contributed by atoms with Crippen molar-refractivity contribution in [3.8, 4) is 0 Å². The maximum atomic E-state index is 12.5. The summed E-state index contributed by atoms with van der Waals surface area (Å²) in [4.78, 5) is 10.8. The lowest BCUT2D eigenvalue weighted by Gasteiger charge is -2.21. The van der Waals surface area contributed by atoms with Crippen molar-refractivity contribution in [3.63, 3.8) is 0 Å². The number of hydrogen-bond donors (Lipinski definition) is 0. The van der Waals surface area contributed by atoms with Crippen LogP contribution in [0.3, 0.4) is 0 Å². The summed E-state index contributed by atoms with van der Waals surface area (Å²) in [5.41, 5.74) is 0. The van der Waals surface area contributed by atoms with E-state index in [1.165, 1.54) is 7.11 Å². The van der Waals surface area contributed by atoms with E-state index < -0.39 is 23.8 Å². The highest BCUT2D eigenvalue weighted by molar-refractivity contribution is 5.88. The van der Waals surface area contributed by atoms with Crippen LogP contribution in [0.2, 0.25) is 0 Å². The SMILES string of the molecule is COCCC(C)C(=O)C(F)(F)C(F)(F)F. The first kappa shape index (κ1) is 14.3. The molecule has 0 saturated carbocycles. The number of carbonyl (C=O) groups excluding carboxylic acids is 1. The van der Waals surface area contributed by atoms with Gasteiger partial charge in [0.2, 0.25) is 5.78 Å². The number of halogens is 5. The molecule has 0 aromatic heterocycles. The number of methoxy groups -OCH3 is 1. The van der Waals surface area contributed by atoms with Gasteiger partial charge >= 0.3 is 12.1 Å². The molecule has 0 heterocycles. The van der Waals surface area contributed by atoms with Gasteiger partial charge in [0.15, 0.2) is 0 Å². The smallest absolute Gasteiger partial charge is 0.385 e. The van der Waals surface area contributed by atoms with Crippen molar-refractivity contribution < 1.29 is 31.5 Å². The fourth-order valence-corrected chi connectivity index (χ4v) is 0.875. The van der Waals surface area contributed by atoms with Gasteiger partial charge in [-0.3, -0.25) is 4.79 Å². The highest BCUT2D eigenvalue weighted by Gasteiger charge is 2.63. The van der Waals surface area contributed by atoms with Crippen molar-refractivity contribution >= 4 is 5.78 Å². The molecule has 0 aromatic rings. The lowest BCUT2D eigenvalue weighted by Crippen LogP contribution is -2.46. The molecule has 0 bridgehead atoms. The Balaban J connectivity index is 4.56. The van der Waals surface area contributed by atoms with E-state index in [1.54, 1.807) is 0 Å². The molecule has 0 N–H and O–H groups in total. The molecule has 0 rings (SSSR count). The summed E-state index contributed by atoms with van der Waals surface area (Å²) in [6, 6.07) is 0. The van der Waals surface area contributed by atoms with Gasteiger partial charge in [-0.25, -0.2) is 0 Å². The summed E-state index contributed by atoms with van der Waals surface area (Å²) in [5, 5.41) is 0. The van der Waals surface area contributed by atoms with Crippen LogP contribution in [0, 0.1) is 5.92 Å². The summed E-state index contributed by atoms with van der Waals surface area (Å²) in [6.45, 7) is 0.974. The summed E-state index contributed by atoms with van der Waals surface area (Å²) in [6.07, 6.45) is -5.99. The molecule has 15 heavy (non-hydrogen) atoms. The predicted molar refractivity (Wildman–Crippen MR) is 41.7 cm³/mol. The van der Waals surface area contributed by atoms with Gasteiger partial charge in [0.1, 0.15) is 0 Å². The number of carbonyl (C=O) groups is 1. The molecule has 0 spiro atoms. The van der Waals surface area contributed by atoms with E-state index in [2.05, 4.69) is 4.74 Å². The third kappa shape index (κ3) is 3.40. The molecule has 7 heteroatoms. The Hall–Kier alpha value is -0.720. The molecule has 2 nitrogen and oxygen atoms in total. The molecule has 0 aliphatic rings. The molecule has 0 aliphatic carbocycles. The third-order valence-electron chi connectivity index (χ3n) is 1.87. The normalized spacial score (nSPS) is 15.1. The van der Waals surface area contributed by atoms with E-state index in [1.807, 2.05) is 0 Å². The minimum absolute atomic E-state index is 0.0408. The van der Waals surface area contributed by atoms with Crippen LogP contribution >= 0.6 is 0 Å². The molecule has 0 aromatic carbocycles. The first-order valence-corrected chi connectivity index (χ1v) is 4.12. The van der Waals surface area contributed by atoms with Gasteiger partial charge < -0.3 is 4.74 Å². The van der Waals surface area contributed by atoms with Gasteiger partial charge in [-0.1, -0.05) is 6.92 Å². The number of rotatable bonds is 5. The number of Topliss-reactive ketones (excluding diaryl/α,β-unsaturated/α-hetero) is 1. The summed E-state index contributed by atoms with van der Waals surface area (Å²) in [7, 11) is 1.26. The van der Waals surface area contributed by atoms with Crippen molar-refractivity contribution in [2.24, 2.45) is 5.92 Å². The van der Waals surface area contributed by atoms with Crippen LogP contribution in [0.5, 0.6) is 0 Å². The average Bonchev–Trinajstić information content (AvgIpc) is 2.10. The van der Waals surface area contributed by atoms with E-state index in [4.69, 9.17) is 0 Å². The van der Waals surface area contributed by atoms with Crippen LogP contribution < -0.4 is 0 Å². The largest absolute Gasteiger partial charge is 0.461 e. The second-order valence-electron chi connectivity index (χ2n) is 3.12. The van der Waals surface area contributed by atoms with Crippen LogP contribution in [0.15, 0.2) is 0 Å². The lowest BCUT2D eigenvalue weighted by atomic mass is 9.98. The zero-order valence-corrected chi connectivity index (χ0v) is 8.20. The maximum Gasteiger partial charge on any atom is 0.461 e. The Labute approximate surface area is 83.4 Å². The van der Waals surface area contributed by atoms with Gasteiger partial charge in [-0.15, -0.1) is 0 Å². The van der Waals surface area contributed by atoms with Gasteiger partial charge in [0.25, 0.3) is 0 Å². The summed E-state index contributed by atoms with van der Waals surface area (Å²) >= 11 is 0. The van der Waals surface area contributed by atoms with Gasteiger partial charge in [0.05, 0.1) is 0 Å². The fraction of sp³-hybridized carbons (Fsp3) is 0.875. The zero-order valence-electron chi connectivity index (χ0n) is 8.20. The van der Waals surface area contributed by atoms with E-state index in [-0.39, 0.29) is 13.0 Å². The van der Waals surface area contributed by atoms with Crippen molar-refractivity contribution in [2.45, 2.75) is 25.4 Å². The van der Waals surface area contributed by atoms with Crippen molar-refractivity contribution in [3.05, 3.63) is 0 Å². The second kappa shape index (κ2) is 4.87. The fourth-order valence-electron chi connectivity index (χ4n) is 0.875. The summed E-state index contributed by atoms with van der Waals surface area (Å²) < 4.78 is 64.7. The monoisotopic (exact) mass is 234 g/mol. The van der Waals surface area contributed by atoms with Crippen LogP contribution in [-0.4, -0.2) is 31.6 Å². The summed E-state index contributed by atoms with van der Waals surface area (Å²) in [5.74, 6) is -8.78. The standard InChI is InChI=1S/C8H11F5O2/c1-5(3-4-15-2)6(14)7(9,10)8(11,12)13/h5H,3-4H2,1-2H3. The van der Waals surface area contributed by atoms with Crippen molar-refractivity contribution in [1.29, 1.82) is 0 Å². The third-order valence-corrected chi connectivity index (χ3v) is 1.87. The van der Waals surface area contributed by atoms with Crippen LogP contribution in [0.25, 0.3) is 0 Å². The highest BCUT2D eigenvalue weighted by Crippen LogP contribution is 2.38. The first-order valence-electron chi connectivity index (χ1n) is 4.12. The Morgan fingerprint density at radius 1 is 1.27 bits per heavy atom. The van der Waals surface area contributed by atoms with E-state index in [0.717, 1.165) is 6.92 Å². The minimum atomic E-state index is -5.83. The molecule has 0 aliphatic heterocycles. The molecule has 0 saturated heterocycles. The quantitative estimate of drug-likeness (QED) is 0.683. The molecule has 1 atom stereocenters. The molecule has 0 radical (unpaired) electrons. The zero-order chi connectivity index (χ0) is 12.3. The first-order chi connectivity index (χ1) is 6.64. The Bertz CT molecular complexity index is 224. The maximum absolute atomic E-state index is 12.5. The molecular formula is C8H11F5O2. The Kier molecular flexibility index (Phi) is 4.64. The molecule has 0 amide bonds. The minimum Gasteiger partial charge on any atom is -0.385 e. The Morgan fingerprint density at radius 3 is 2.07 bits per heavy atom. The van der Waals surface area contributed by atoms with E-state index >= 15 is 0 Å². The van der Waals surface area contributed by atoms with Crippen LogP contribution in [0.1, 0.15) is 13.3 Å². The number of alkyl halides is 5. The number of hydrogen-bond acceptors (Lipinski definition) is 2. The topological polar surface area (TPSA) is 26.3 Å². The van der Waals surface area contributed by atoms with Gasteiger partial charge in [-0.2, -0.15) is 22.0 Å². The molecular weight excluding hydrogens is 223 g/mol. The molecule has 1 unspecified atom stereocenters. The van der Waals surface area contributed by atoms with Crippen LogP contribution in [0.4, 0.5) is 22.0 Å². The lowest BCUT2D eigenvalue weighted by molar-refractivity contribution is -0.270. The molecule has 90 valence electrons. The predicted octanol–water partition coefficient (Wildman–Crippen LogP) is 2.43. The number of ether oxygens (including phenoxy) is 1. The van der Waals surface area contributed by atoms with Crippen molar-refractivity contribution in [1.82, 2.24) is 0 Å². The second-order valence-corrected chi connectivity index (χ2v) is 3.12. The van der Waals surface area contributed by atoms with E-state index in [0.29, 0.717) is 0 Å². The van der Waals surface area contributed by atoms with E-state index in [9.17, 15) is 26.7 Å². The van der Waals surface area contributed by atoms with Gasteiger partial charge in [-0.05, 0) is 6.42 Å². The van der Waals surface area contributed by atoms with Gasteiger partial charge in [0, 0.05) is 19.6 Å². The Morgan fingerprint density at radius 2 is 1.73 bits per heavy atom. The molecule has 0 fully saturated rings. The number of ketones is 1. The van der Waals surface area contributed by atoms with Crippen molar-refractivity contribution in [2.75, 3.05) is 13.7 Å². The van der Waals surface area contributed by atoms with Crippen LogP contribution in [-0.2, 0) is 9.53 Å².